The Hall–Kier alpha value is -1.38. The van der Waals surface area contributed by atoms with Gasteiger partial charge in [0.1, 0.15) is 0 Å². The molecular weight excluding hydrogens is 200 g/mol. The molecule has 2 nitrogen and oxygen atoms in total. The molecule has 0 heterocycles. The highest BCUT2D eigenvalue weighted by molar-refractivity contribution is 5.90. The van der Waals surface area contributed by atoms with Gasteiger partial charge in [0.15, 0.2) is 0 Å². The van der Waals surface area contributed by atoms with Gasteiger partial charge in [-0.1, -0.05) is 36.4 Å². The zero-order valence-corrected chi connectivity index (χ0v) is 9.77. The minimum absolute atomic E-state index is 1.00. The van der Waals surface area contributed by atoms with Crippen molar-refractivity contribution in [3.63, 3.8) is 0 Å². The maximum atomic E-state index is 7.00. The Morgan fingerprint density at radius 1 is 0.750 bits per heavy atom. The largest absolute Gasteiger partial charge is 0.400 e. The maximum absolute atomic E-state index is 7.00. The van der Waals surface area contributed by atoms with Crippen LogP contribution in [0.5, 0.6) is 0 Å². The summed E-state index contributed by atoms with van der Waals surface area (Å²) in [5.74, 6) is 0. The molecule has 0 aliphatic heterocycles. The molecule has 0 bridgehead atoms. The number of benzene rings is 2. The normalized spacial score (nSPS) is 11.2. The molecule has 16 heavy (non-hydrogen) atoms. The fraction of sp³-hybridized carbons (Fsp3) is 0.286. The van der Waals surface area contributed by atoms with E-state index in [2.05, 4.69) is 36.4 Å². The van der Waals surface area contributed by atoms with E-state index in [9.17, 15) is 0 Å². The van der Waals surface area contributed by atoms with E-state index in [1.165, 1.54) is 34.7 Å². The Morgan fingerprint density at radius 3 is 1.62 bits per heavy atom. The second-order valence-corrected chi connectivity index (χ2v) is 3.43. The maximum Gasteiger partial charge on any atom is 0.0319 e. The molecule has 0 saturated heterocycles. The third-order valence-electron chi connectivity index (χ3n) is 2.74. The Kier molecular flexibility index (Phi) is 4.96. The van der Waals surface area contributed by atoms with Gasteiger partial charge >= 0.3 is 0 Å². The smallest absolute Gasteiger partial charge is 0.0319 e. The van der Waals surface area contributed by atoms with Crippen LogP contribution in [0.3, 0.4) is 0 Å². The Balaban J connectivity index is 0.000000291. The predicted octanol–water partition coefficient (Wildman–Crippen LogP) is 2.16. The van der Waals surface area contributed by atoms with Crippen LogP contribution in [0.1, 0.15) is 11.1 Å². The Bertz CT molecular complexity index is 411. The van der Waals surface area contributed by atoms with E-state index in [0.29, 0.717) is 0 Å². The van der Waals surface area contributed by atoms with E-state index in [-0.39, 0.29) is 0 Å². The standard InChI is InChI=1S/C12H10.2CH4O/c1-3-9-4-2-6-11-8-7-10(5-1)12(9)11;2*1-2/h1-6H,7-8H2;2*2H,1H3. The lowest BCUT2D eigenvalue weighted by Crippen LogP contribution is -1.76. The second-order valence-electron chi connectivity index (χ2n) is 3.43. The summed E-state index contributed by atoms with van der Waals surface area (Å²) in [5, 5.41) is 16.9. The van der Waals surface area contributed by atoms with Crippen LogP contribution < -0.4 is 0 Å². The summed E-state index contributed by atoms with van der Waals surface area (Å²) >= 11 is 0. The number of aryl methyl sites for hydroxylation is 2. The van der Waals surface area contributed by atoms with Crippen molar-refractivity contribution >= 4 is 10.8 Å². The molecule has 0 atom stereocenters. The molecule has 2 N–H and O–H groups in total. The van der Waals surface area contributed by atoms with Crippen LogP contribution in [0.4, 0.5) is 0 Å². The molecule has 0 amide bonds. The topological polar surface area (TPSA) is 40.5 Å². The fourth-order valence-corrected chi connectivity index (χ4v) is 2.19. The molecule has 0 fully saturated rings. The van der Waals surface area contributed by atoms with Crippen molar-refractivity contribution < 1.29 is 10.2 Å². The third-order valence-corrected chi connectivity index (χ3v) is 2.74. The molecule has 0 aromatic heterocycles. The van der Waals surface area contributed by atoms with Gasteiger partial charge in [0.25, 0.3) is 0 Å². The van der Waals surface area contributed by atoms with E-state index >= 15 is 0 Å². The molecule has 2 heteroatoms. The van der Waals surface area contributed by atoms with Crippen LogP contribution >= 0.6 is 0 Å². The van der Waals surface area contributed by atoms with Crippen molar-refractivity contribution in [2.24, 2.45) is 0 Å². The molecule has 3 rings (SSSR count). The molecule has 2 aromatic carbocycles. The molecule has 86 valence electrons. The number of hydrogen-bond acceptors (Lipinski definition) is 2. The van der Waals surface area contributed by atoms with Crippen LogP contribution in [-0.2, 0) is 12.8 Å². The van der Waals surface area contributed by atoms with E-state index in [1.54, 1.807) is 0 Å². The number of aliphatic hydroxyl groups is 2. The molecule has 0 unspecified atom stereocenters. The average molecular weight is 218 g/mol. The number of hydrogen-bond donors (Lipinski definition) is 2. The number of rotatable bonds is 0. The van der Waals surface area contributed by atoms with Crippen molar-refractivity contribution in [1.29, 1.82) is 0 Å². The second kappa shape index (κ2) is 6.26. The van der Waals surface area contributed by atoms with Gasteiger partial charge in [-0.15, -0.1) is 0 Å². The van der Waals surface area contributed by atoms with Crippen molar-refractivity contribution in [3.05, 3.63) is 47.5 Å². The molecule has 2 aromatic rings. The lowest BCUT2D eigenvalue weighted by molar-refractivity contribution is 0.399. The first kappa shape index (κ1) is 12.7. The predicted molar refractivity (Wildman–Crippen MR) is 67.6 cm³/mol. The van der Waals surface area contributed by atoms with Gasteiger partial charge in [-0.05, 0) is 34.7 Å². The molecule has 1 aliphatic rings. The molecule has 0 radical (unpaired) electrons. The average Bonchev–Trinajstić information content (AvgIpc) is 2.81. The van der Waals surface area contributed by atoms with Crippen LogP contribution in [-0.4, -0.2) is 24.4 Å². The Labute approximate surface area is 96.2 Å². The molecular formula is C14H18O2. The monoisotopic (exact) mass is 218 g/mol. The van der Waals surface area contributed by atoms with Gasteiger partial charge in [0.2, 0.25) is 0 Å². The van der Waals surface area contributed by atoms with E-state index in [4.69, 9.17) is 10.2 Å². The van der Waals surface area contributed by atoms with Gasteiger partial charge in [-0.3, -0.25) is 0 Å². The zero-order chi connectivity index (χ0) is 12.0. The number of aliphatic hydroxyl groups excluding tert-OH is 2. The summed E-state index contributed by atoms with van der Waals surface area (Å²) in [6.45, 7) is 0. The van der Waals surface area contributed by atoms with E-state index in [0.717, 1.165) is 14.2 Å². The third kappa shape index (κ3) is 2.23. The highest BCUT2D eigenvalue weighted by Gasteiger charge is 2.11. The fourth-order valence-electron chi connectivity index (χ4n) is 2.19. The zero-order valence-electron chi connectivity index (χ0n) is 9.77. The minimum Gasteiger partial charge on any atom is -0.400 e. The van der Waals surface area contributed by atoms with Crippen LogP contribution in [0, 0.1) is 0 Å². The van der Waals surface area contributed by atoms with Gasteiger partial charge < -0.3 is 10.2 Å². The van der Waals surface area contributed by atoms with Gasteiger partial charge in [0.05, 0.1) is 0 Å². The van der Waals surface area contributed by atoms with E-state index in [1.807, 2.05) is 0 Å². The van der Waals surface area contributed by atoms with Crippen molar-refractivity contribution in [1.82, 2.24) is 0 Å². The highest BCUT2D eigenvalue weighted by atomic mass is 16.2. The first-order valence-corrected chi connectivity index (χ1v) is 5.34. The van der Waals surface area contributed by atoms with Gasteiger partial charge in [-0.25, -0.2) is 0 Å². The molecule has 1 aliphatic carbocycles. The first-order valence-electron chi connectivity index (χ1n) is 5.34. The van der Waals surface area contributed by atoms with Crippen molar-refractivity contribution in [3.8, 4) is 0 Å². The summed E-state index contributed by atoms with van der Waals surface area (Å²) in [4.78, 5) is 0. The van der Waals surface area contributed by atoms with Crippen LogP contribution in [0.2, 0.25) is 0 Å². The summed E-state index contributed by atoms with van der Waals surface area (Å²) in [5.41, 5.74) is 3.06. The molecule has 0 spiro atoms. The van der Waals surface area contributed by atoms with Gasteiger partial charge in [0, 0.05) is 14.2 Å². The quantitative estimate of drug-likeness (QED) is 0.711. The summed E-state index contributed by atoms with van der Waals surface area (Å²) in [6, 6.07) is 13.2. The SMILES string of the molecule is CO.CO.c1cc2c3c(cccc3c1)CC2. The van der Waals surface area contributed by atoms with Gasteiger partial charge in [-0.2, -0.15) is 0 Å². The summed E-state index contributed by atoms with van der Waals surface area (Å²) in [7, 11) is 2.00. The summed E-state index contributed by atoms with van der Waals surface area (Å²) < 4.78 is 0. The van der Waals surface area contributed by atoms with E-state index < -0.39 is 0 Å². The first-order chi connectivity index (χ1) is 7.95. The Morgan fingerprint density at radius 2 is 1.19 bits per heavy atom. The minimum atomic E-state index is 1.00. The highest BCUT2D eigenvalue weighted by Crippen LogP contribution is 2.29. The lowest BCUT2D eigenvalue weighted by Gasteiger charge is -1.99. The van der Waals surface area contributed by atoms with Crippen molar-refractivity contribution in [2.45, 2.75) is 12.8 Å². The van der Waals surface area contributed by atoms with Crippen LogP contribution in [0.25, 0.3) is 10.8 Å². The van der Waals surface area contributed by atoms with Crippen LogP contribution in [0.15, 0.2) is 36.4 Å². The lowest BCUT2D eigenvalue weighted by atomic mass is 10.1. The van der Waals surface area contributed by atoms with Crippen molar-refractivity contribution in [2.75, 3.05) is 14.2 Å². The molecule has 0 saturated carbocycles. The summed E-state index contributed by atoms with van der Waals surface area (Å²) in [6.07, 6.45) is 2.47.